The summed E-state index contributed by atoms with van der Waals surface area (Å²) in [5, 5.41) is 8.89. The molecule has 1 aliphatic heterocycles. The molecule has 25 heavy (non-hydrogen) atoms. The van der Waals surface area contributed by atoms with E-state index in [-0.39, 0.29) is 5.69 Å². The summed E-state index contributed by atoms with van der Waals surface area (Å²) in [6.07, 6.45) is 4.65. The average molecular weight is 342 g/mol. The van der Waals surface area contributed by atoms with Crippen LogP contribution in [0.4, 0.5) is 0 Å². The molecule has 5 nitrogen and oxygen atoms in total. The molecule has 1 fully saturated rings. The van der Waals surface area contributed by atoms with Crippen LogP contribution in [-0.2, 0) is 13.0 Å². The van der Waals surface area contributed by atoms with Gasteiger partial charge in [0.05, 0.1) is 6.54 Å². The Kier molecular flexibility index (Phi) is 5.53. The van der Waals surface area contributed by atoms with Crippen molar-refractivity contribution in [2.75, 3.05) is 13.1 Å². The largest absolute Gasteiger partial charge is 0.476 e. The van der Waals surface area contributed by atoms with Crippen LogP contribution >= 0.6 is 0 Å². The molecule has 1 saturated heterocycles. The summed E-state index contributed by atoms with van der Waals surface area (Å²) < 4.78 is 5.25. The number of hydrogen-bond acceptors (Lipinski definition) is 4. The number of aromatic carboxylic acids is 1. The van der Waals surface area contributed by atoms with Gasteiger partial charge in [0.2, 0.25) is 5.89 Å². The second-order valence-corrected chi connectivity index (χ2v) is 7.25. The Balaban J connectivity index is 1.47. The zero-order chi connectivity index (χ0) is 17.8. The summed E-state index contributed by atoms with van der Waals surface area (Å²) in [6, 6.07) is 9.03. The van der Waals surface area contributed by atoms with E-state index in [1.54, 1.807) is 0 Å². The van der Waals surface area contributed by atoms with E-state index < -0.39 is 5.97 Å². The molecule has 1 aromatic heterocycles. The maximum absolute atomic E-state index is 10.8. The van der Waals surface area contributed by atoms with Crippen molar-refractivity contribution in [1.82, 2.24) is 9.88 Å². The molecule has 2 heterocycles. The summed E-state index contributed by atoms with van der Waals surface area (Å²) in [5.74, 6) is 0.728. The normalized spacial score (nSPS) is 16.4. The smallest absolute Gasteiger partial charge is 0.357 e. The van der Waals surface area contributed by atoms with Gasteiger partial charge in [-0.2, -0.15) is 0 Å². The summed E-state index contributed by atoms with van der Waals surface area (Å²) in [7, 11) is 0. The van der Waals surface area contributed by atoms with Crippen molar-refractivity contribution in [2.24, 2.45) is 5.92 Å². The lowest BCUT2D eigenvalue weighted by Crippen LogP contribution is -2.34. The van der Waals surface area contributed by atoms with Crippen molar-refractivity contribution in [3.8, 4) is 0 Å². The lowest BCUT2D eigenvalue weighted by atomic mass is 9.89. The summed E-state index contributed by atoms with van der Waals surface area (Å²) in [5.41, 5.74) is 2.79. The Morgan fingerprint density at radius 2 is 1.96 bits per heavy atom. The molecule has 5 heteroatoms. The molecule has 0 unspecified atom stereocenters. The number of oxazole rings is 1. The Morgan fingerprint density at radius 3 is 2.52 bits per heavy atom. The number of carbonyl (C=O) groups is 1. The molecule has 0 amide bonds. The first-order valence-electron chi connectivity index (χ1n) is 9.00. The Labute approximate surface area is 148 Å². The van der Waals surface area contributed by atoms with Crippen molar-refractivity contribution in [3.05, 3.63) is 53.2 Å². The lowest BCUT2D eigenvalue weighted by molar-refractivity contribution is 0.0690. The number of aromatic nitrogens is 1. The van der Waals surface area contributed by atoms with Gasteiger partial charge in [-0.25, -0.2) is 9.78 Å². The van der Waals surface area contributed by atoms with E-state index in [0.29, 0.717) is 24.3 Å². The van der Waals surface area contributed by atoms with Crippen LogP contribution in [0.15, 0.2) is 34.9 Å². The van der Waals surface area contributed by atoms with Gasteiger partial charge in [0, 0.05) is 0 Å². The molecule has 0 aliphatic carbocycles. The van der Waals surface area contributed by atoms with E-state index in [1.165, 1.54) is 17.4 Å². The van der Waals surface area contributed by atoms with Crippen LogP contribution in [-0.4, -0.2) is 34.0 Å². The Hall–Kier alpha value is -2.14. The summed E-state index contributed by atoms with van der Waals surface area (Å²) in [4.78, 5) is 17.1. The number of rotatable bonds is 6. The molecule has 134 valence electrons. The standard InChI is InChI=1S/C20H26N2O3/c1-14(2)17-5-3-15(4-6-17)11-16-7-9-22(10-8-16)12-19-21-18(13-25-19)20(23)24/h3-6,13-14,16H,7-12H2,1-2H3,(H,23,24). The van der Waals surface area contributed by atoms with Crippen LogP contribution in [0, 0.1) is 5.92 Å². The van der Waals surface area contributed by atoms with Gasteiger partial charge in [0.25, 0.3) is 0 Å². The topological polar surface area (TPSA) is 66.6 Å². The number of nitrogens with zero attached hydrogens (tertiary/aromatic N) is 2. The first kappa shape index (κ1) is 17.7. The van der Waals surface area contributed by atoms with E-state index in [0.717, 1.165) is 32.4 Å². The van der Waals surface area contributed by atoms with E-state index in [2.05, 4.69) is 48.0 Å². The number of piperidine rings is 1. The van der Waals surface area contributed by atoms with Crippen LogP contribution in [0.1, 0.15) is 60.1 Å². The molecular weight excluding hydrogens is 316 g/mol. The fourth-order valence-corrected chi connectivity index (χ4v) is 3.39. The molecule has 0 saturated carbocycles. The molecular formula is C20H26N2O3. The molecule has 1 N–H and O–H groups in total. The van der Waals surface area contributed by atoms with Crippen LogP contribution in [0.2, 0.25) is 0 Å². The van der Waals surface area contributed by atoms with E-state index >= 15 is 0 Å². The van der Waals surface area contributed by atoms with Gasteiger partial charge < -0.3 is 9.52 Å². The third-order valence-electron chi connectivity index (χ3n) is 5.01. The molecule has 0 bridgehead atoms. The molecule has 1 aromatic carbocycles. The second-order valence-electron chi connectivity index (χ2n) is 7.25. The van der Waals surface area contributed by atoms with Crippen LogP contribution < -0.4 is 0 Å². The molecule has 0 spiro atoms. The summed E-state index contributed by atoms with van der Waals surface area (Å²) in [6.45, 7) is 7.03. The van der Waals surface area contributed by atoms with Crippen molar-refractivity contribution in [1.29, 1.82) is 0 Å². The summed E-state index contributed by atoms with van der Waals surface area (Å²) >= 11 is 0. The van der Waals surface area contributed by atoms with Gasteiger partial charge in [-0.05, 0) is 55.3 Å². The Morgan fingerprint density at radius 1 is 1.28 bits per heavy atom. The van der Waals surface area contributed by atoms with Crippen LogP contribution in [0.25, 0.3) is 0 Å². The molecule has 3 rings (SSSR count). The van der Waals surface area contributed by atoms with Gasteiger partial charge >= 0.3 is 5.97 Å². The lowest BCUT2D eigenvalue weighted by Gasteiger charge is -2.31. The number of carboxylic acid groups (broad SMARTS) is 1. The number of likely N-dealkylation sites (tertiary alicyclic amines) is 1. The van der Waals surface area contributed by atoms with Gasteiger partial charge in [-0.1, -0.05) is 38.1 Å². The van der Waals surface area contributed by atoms with Crippen molar-refractivity contribution >= 4 is 5.97 Å². The maximum Gasteiger partial charge on any atom is 0.357 e. The number of benzene rings is 1. The van der Waals surface area contributed by atoms with Gasteiger partial charge in [-0.15, -0.1) is 0 Å². The third kappa shape index (κ3) is 4.69. The van der Waals surface area contributed by atoms with Crippen LogP contribution in [0.3, 0.4) is 0 Å². The van der Waals surface area contributed by atoms with E-state index in [1.807, 2.05) is 0 Å². The Bertz CT molecular complexity index is 698. The van der Waals surface area contributed by atoms with Gasteiger partial charge in [-0.3, -0.25) is 4.90 Å². The van der Waals surface area contributed by atoms with Crippen molar-refractivity contribution < 1.29 is 14.3 Å². The number of hydrogen-bond donors (Lipinski definition) is 1. The van der Waals surface area contributed by atoms with E-state index in [4.69, 9.17) is 9.52 Å². The highest BCUT2D eigenvalue weighted by Gasteiger charge is 2.21. The van der Waals surface area contributed by atoms with Crippen LogP contribution in [0.5, 0.6) is 0 Å². The predicted octanol–water partition coefficient (Wildman–Crippen LogP) is 3.95. The zero-order valence-electron chi connectivity index (χ0n) is 14.9. The minimum Gasteiger partial charge on any atom is -0.476 e. The highest BCUT2D eigenvalue weighted by molar-refractivity contribution is 5.84. The molecule has 0 atom stereocenters. The third-order valence-corrected chi connectivity index (χ3v) is 5.01. The fraction of sp³-hybridized carbons (Fsp3) is 0.500. The zero-order valence-corrected chi connectivity index (χ0v) is 14.9. The highest BCUT2D eigenvalue weighted by atomic mass is 16.4. The monoisotopic (exact) mass is 342 g/mol. The van der Waals surface area contributed by atoms with Crippen molar-refractivity contribution in [3.63, 3.8) is 0 Å². The molecule has 1 aliphatic rings. The van der Waals surface area contributed by atoms with Crippen molar-refractivity contribution in [2.45, 2.75) is 45.6 Å². The minimum atomic E-state index is -1.04. The second kappa shape index (κ2) is 7.83. The van der Waals surface area contributed by atoms with Gasteiger partial charge in [0.1, 0.15) is 6.26 Å². The van der Waals surface area contributed by atoms with Gasteiger partial charge in [0.15, 0.2) is 5.69 Å². The molecule has 2 aromatic rings. The highest BCUT2D eigenvalue weighted by Crippen LogP contribution is 2.24. The average Bonchev–Trinajstić information content (AvgIpc) is 3.06. The quantitative estimate of drug-likeness (QED) is 0.861. The molecule has 0 radical (unpaired) electrons. The fourth-order valence-electron chi connectivity index (χ4n) is 3.39. The predicted molar refractivity (Wildman–Crippen MR) is 95.7 cm³/mol. The first-order valence-corrected chi connectivity index (χ1v) is 9.00. The van der Waals surface area contributed by atoms with E-state index in [9.17, 15) is 4.79 Å². The first-order chi connectivity index (χ1) is 12.0. The maximum atomic E-state index is 10.8. The minimum absolute atomic E-state index is 0.0188. The number of carboxylic acids is 1. The SMILES string of the molecule is CC(C)c1ccc(CC2CCN(Cc3nc(C(=O)O)co3)CC2)cc1.